The van der Waals surface area contributed by atoms with E-state index in [1.54, 1.807) is 0 Å². The van der Waals surface area contributed by atoms with Gasteiger partial charge in [0.25, 0.3) is 0 Å². The molecule has 0 aromatic heterocycles. The number of hydrogen-bond donors (Lipinski definition) is 1. The van der Waals surface area contributed by atoms with Gasteiger partial charge in [-0.25, -0.2) is 0 Å². The van der Waals surface area contributed by atoms with Crippen LogP contribution in [0.2, 0.25) is 5.02 Å². The van der Waals surface area contributed by atoms with E-state index >= 15 is 0 Å². The first kappa shape index (κ1) is 14.1. The molecule has 1 unspecified atom stereocenters. The third kappa shape index (κ3) is 2.55. The highest BCUT2D eigenvalue weighted by molar-refractivity contribution is 6.31. The number of halogens is 1. The summed E-state index contributed by atoms with van der Waals surface area (Å²) in [6, 6.07) is 18.4. The average molecular weight is 296 g/mol. The molecule has 3 aromatic carbocycles. The zero-order chi connectivity index (χ0) is 15.0. The Balaban J connectivity index is 2.17. The largest absolute Gasteiger partial charge is 0.320 e. The lowest BCUT2D eigenvalue weighted by molar-refractivity contribution is 0.878. The quantitative estimate of drug-likeness (QED) is 0.694. The minimum Gasteiger partial charge on any atom is -0.320 e. The molecule has 0 saturated heterocycles. The molecule has 0 aliphatic rings. The van der Waals surface area contributed by atoms with Crippen LogP contribution in [0.1, 0.15) is 28.3 Å². The van der Waals surface area contributed by atoms with Crippen LogP contribution in [0.25, 0.3) is 10.8 Å². The lowest BCUT2D eigenvalue weighted by atomic mass is 9.92. The molecule has 0 radical (unpaired) electrons. The minimum absolute atomic E-state index is 0.220. The molecule has 0 aliphatic carbocycles. The summed E-state index contributed by atoms with van der Waals surface area (Å²) in [6.45, 7) is 4.15. The molecule has 0 bridgehead atoms. The molecule has 0 heterocycles. The van der Waals surface area contributed by atoms with Gasteiger partial charge in [-0.3, -0.25) is 0 Å². The molecule has 0 spiro atoms. The Morgan fingerprint density at radius 1 is 0.857 bits per heavy atom. The van der Waals surface area contributed by atoms with Gasteiger partial charge in [-0.05, 0) is 52.9 Å². The molecule has 0 amide bonds. The predicted molar refractivity (Wildman–Crippen MR) is 90.9 cm³/mol. The Kier molecular flexibility index (Phi) is 3.71. The smallest absolute Gasteiger partial charge is 0.0572 e. The second-order valence-electron chi connectivity index (χ2n) is 5.50. The molecule has 0 aliphatic heterocycles. The molecule has 0 fully saturated rings. The first-order chi connectivity index (χ1) is 10.1. The van der Waals surface area contributed by atoms with Crippen LogP contribution in [0.4, 0.5) is 0 Å². The summed E-state index contributed by atoms with van der Waals surface area (Å²) in [5, 5.41) is 3.12. The highest BCUT2D eigenvalue weighted by Crippen LogP contribution is 2.32. The van der Waals surface area contributed by atoms with E-state index in [-0.39, 0.29) is 6.04 Å². The Hall–Kier alpha value is -1.83. The van der Waals surface area contributed by atoms with Crippen molar-refractivity contribution in [1.82, 2.24) is 0 Å². The second kappa shape index (κ2) is 5.51. The fraction of sp³-hybridized carbons (Fsp3) is 0.158. The van der Waals surface area contributed by atoms with Crippen molar-refractivity contribution in [1.29, 1.82) is 0 Å². The van der Waals surface area contributed by atoms with Gasteiger partial charge >= 0.3 is 0 Å². The van der Waals surface area contributed by atoms with E-state index in [0.717, 1.165) is 16.1 Å². The number of aryl methyl sites for hydroxylation is 2. The number of benzene rings is 3. The van der Waals surface area contributed by atoms with Gasteiger partial charge < -0.3 is 5.73 Å². The molecule has 106 valence electrons. The van der Waals surface area contributed by atoms with Crippen LogP contribution in [0.5, 0.6) is 0 Å². The van der Waals surface area contributed by atoms with Crippen molar-refractivity contribution in [2.75, 3.05) is 0 Å². The Labute approximate surface area is 130 Å². The number of rotatable bonds is 2. The molecule has 3 rings (SSSR count). The van der Waals surface area contributed by atoms with Crippen LogP contribution >= 0.6 is 11.6 Å². The van der Waals surface area contributed by atoms with E-state index in [1.165, 1.54) is 21.9 Å². The fourth-order valence-electron chi connectivity index (χ4n) is 2.73. The van der Waals surface area contributed by atoms with E-state index < -0.39 is 0 Å². The maximum atomic E-state index is 6.52. The van der Waals surface area contributed by atoms with Crippen molar-refractivity contribution < 1.29 is 0 Å². The molecule has 2 heteroatoms. The van der Waals surface area contributed by atoms with Crippen LogP contribution in [-0.4, -0.2) is 0 Å². The van der Waals surface area contributed by atoms with E-state index in [9.17, 15) is 0 Å². The van der Waals surface area contributed by atoms with Crippen molar-refractivity contribution in [3.63, 3.8) is 0 Å². The van der Waals surface area contributed by atoms with Crippen LogP contribution in [0, 0.1) is 13.8 Å². The highest BCUT2D eigenvalue weighted by atomic mass is 35.5. The summed E-state index contributed by atoms with van der Waals surface area (Å²) in [4.78, 5) is 0. The van der Waals surface area contributed by atoms with Gasteiger partial charge in [0.2, 0.25) is 0 Å². The van der Waals surface area contributed by atoms with Crippen molar-refractivity contribution in [2.24, 2.45) is 5.73 Å². The zero-order valence-electron chi connectivity index (χ0n) is 12.2. The fourth-order valence-corrected chi connectivity index (χ4v) is 3.07. The van der Waals surface area contributed by atoms with Gasteiger partial charge in [0.1, 0.15) is 0 Å². The van der Waals surface area contributed by atoms with Crippen LogP contribution in [-0.2, 0) is 0 Å². The maximum absolute atomic E-state index is 6.52. The molecule has 3 aromatic rings. The molecule has 1 nitrogen and oxygen atoms in total. The van der Waals surface area contributed by atoms with Crippen molar-refractivity contribution in [3.8, 4) is 0 Å². The minimum atomic E-state index is -0.220. The summed E-state index contributed by atoms with van der Waals surface area (Å²) in [7, 11) is 0. The van der Waals surface area contributed by atoms with Crippen molar-refractivity contribution in [3.05, 3.63) is 81.9 Å². The van der Waals surface area contributed by atoms with Gasteiger partial charge in [0, 0.05) is 5.02 Å². The summed E-state index contributed by atoms with van der Waals surface area (Å²) in [5.41, 5.74) is 11.0. The van der Waals surface area contributed by atoms with Crippen LogP contribution in [0.15, 0.2) is 54.6 Å². The third-order valence-corrected chi connectivity index (χ3v) is 4.43. The van der Waals surface area contributed by atoms with Crippen molar-refractivity contribution in [2.45, 2.75) is 19.9 Å². The highest BCUT2D eigenvalue weighted by Gasteiger charge is 2.16. The zero-order valence-corrected chi connectivity index (χ0v) is 13.0. The summed E-state index contributed by atoms with van der Waals surface area (Å²) in [6.07, 6.45) is 0. The van der Waals surface area contributed by atoms with Gasteiger partial charge in [0.15, 0.2) is 0 Å². The molecule has 2 N–H and O–H groups in total. The SMILES string of the molecule is Cc1cc(Cl)c(C(N)c2cccc3ccccc23)cc1C. The Morgan fingerprint density at radius 2 is 1.52 bits per heavy atom. The number of nitrogens with two attached hydrogens (primary N) is 1. The van der Waals surface area contributed by atoms with E-state index in [2.05, 4.69) is 44.2 Å². The normalized spacial score (nSPS) is 12.6. The first-order valence-electron chi connectivity index (χ1n) is 7.08. The first-order valence-corrected chi connectivity index (χ1v) is 7.45. The monoisotopic (exact) mass is 295 g/mol. The molecular formula is C19H18ClN. The van der Waals surface area contributed by atoms with Crippen LogP contribution in [0.3, 0.4) is 0 Å². The van der Waals surface area contributed by atoms with E-state index in [4.69, 9.17) is 17.3 Å². The second-order valence-corrected chi connectivity index (χ2v) is 5.91. The van der Waals surface area contributed by atoms with Gasteiger partial charge in [-0.2, -0.15) is 0 Å². The molecule has 1 atom stereocenters. The van der Waals surface area contributed by atoms with E-state index in [0.29, 0.717) is 0 Å². The Bertz CT molecular complexity index is 803. The number of fused-ring (bicyclic) bond motifs is 1. The van der Waals surface area contributed by atoms with E-state index in [1.807, 2.05) is 24.3 Å². The molecule has 21 heavy (non-hydrogen) atoms. The number of hydrogen-bond acceptors (Lipinski definition) is 1. The summed E-state index contributed by atoms with van der Waals surface area (Å²) >= 11 is 6.42. The average Bonchev–Trinajstić information content (AvgIpc) is 2.49. The summed E-state index contributed by atoms with van der Waals surface area (Å²) < 4.78 is 0. The lowest BCUT2D eigenvalue weighted by Gasteiger charge is -2.18. The standard InChI is InChI=1S/C19H18ClN/c1-12-10-17(18(20)11-13(12)2)19(21)16-9-5-7-14-6-3-4-8-15(14)16/h3-11,19H,21H2,1-2H3. The van der Waals surface area contributed by atoms with Gasteiger partial charge in [0.05, 0.1) is 6.04 Å². The van der Waals surface area contributed by atoms with Gasteiger partial charge in [-0.1, -0.05) is 60.1 Å². The van der Waals surface area contributed by atoms with Crippen LogP contribution < -0.4 is 5.73 Å². The predicted octanol–water partition coefficient (Wildman–Crippen LogP) is 5.16. The van der Waals surface area contributed by atoms with Gasteiger partial charge in [-0.15, -0.1) is 0 Å². The Morgan fingerprint density at radius 3 is 2.33 bits per heavy atom. The molecular weight excluding hydrogens is 278 g/mol. The lowest BCUT2D eigenvalue weighted by Crippen LogP contribution is -2.13. The van der Waals surface area contributed by atoms with Crippen molar-refractivity contribution >= 4 is 22.4 Å². The molecule has 0 saturated carbocycles. The summed E-state index contributed by atoms with van der Waals surface area (Å²) in [5.74, 6) is 0. The topological polar surface area (TPSA) is 26.0 Å². The maximum Gasteiger partial charge on any atom is 0.0572 e. The third-order valence-electron chi connectivity index (χ3n) is 4.11.